The minimum Gasteiger partial charge on any atom is -0.378 e. The van der Waals surface area contributed by atoms with Gasteiger partial charge in [0.15, 0.2) is 11.6 Å². The number of hydrogen-bond donors (Lipinski definition) is 1. The van der Waals surface area contributed by atoms with Crippen LogP contribution < -0.4 is 10.2 Å². The first-order valence-corrected chi connectivity index (χ1v) is 7.11. The summed E-state index contributed by atoms with van der Waals surface area (Å²) in [6, 6.07) is 0. The van der Waals surface area contributed by atoms with Crippen molar-refractivity contribution in [1.29, 1.82) is 0 Å². The third kappa shape index (κ3) is 4.35. The predicted octanol–water partition coefficient (Wildman–Crippen LogP) is 2.30. The van der Waals surface area contributed by atoms with E-state index in [2.05, 4.69) is 15.3 Å². The van der Waals surface area contributed by atoms with Crippen LogP contribution in [0.2, 0.25) is 0 Å². The summed E-state index contributed by atoms with van der Waals surface area (Å²) < 4.78 is 5.73. The third-order valence-corrected chi connectivity index (χ3v) is 3.37. The molecule has 1 aromatic rings. The van der Waals surface area contributed by atoms with Crippen molar-refractivity contribution in [3.63, 3.8) is 0 Å². The fraction of sp³-hybridized carbons (Fsp3) is 0.714. The Bertz CT molecular complexity index is 377. The van der Waals surface area contributed by atoms with E-state index in [0.29, 0.717) is 6.10 Å². The van der Waals surface area contributed by atoms with Gasteiger partial charge in [0.1, 0.15) is 0 Å². The molecule has 0 aliphatic carbocycles. The first kappa shape index (κ1) is 14.1. The molecule has 0 radical (unpaired) electrons. The van der Waals surface area contributed by atoms with Gasteiger partial charge in [0.05, 0.1) is 6.10 Å². The summed E-state index contributed by atoms with van der Waals surface area (Å²) in [5.74, 6) is 1.74. The van der Waals surface area contributed by atoms with Crippen molar-refractivity contribution < 1.29 is 4.74 Å². The summed E-state index contributed by atoms with van der Waals surface area (Å²) >= 11 is 0. The monoisotopic (exact) mass is 264 g/mol. The maximum absolute atomic E-state index is 5.73. The molecule has 1 aromatic heterocycles. The molecule has 0 saturated carbocycles. The number of nitrogens with one attached hydrogen (secondary N) is 1. The second kappa shape index (κ2) is 7.28. The van der Waals surface area contributed by atoms with E-state index in [9.17, 15) is 0 Å². The van der Waals surface area contributed by atoms with Crippen LogP contribution in [0.1, 0.15) is 32.1 Å². The molecule has 19 heavy (non-hydrogen) atoms. The molecular weight excluding hydrogens is 240 g/mol. The lowest BCUT2D eigenvalue weighted by Crippen LogP contribution is -2.20. The third-order valence-electron chi connectivity index (χ3n) is 3.37. The van der Waals surface area contributed by atoms with Gasteiger partial charge in [0.2, 0.25) is 0 Å². The Labute approximate surface area is 115 Å². The van der Waals surface area contributed by atoms with Crippen LogP contribution in [0.3, 0.4) is 0 Å². The zero-order valence-corrected chi connectivity index (χ0v) is 11.9. The molecule has 5 heteroatoms. The van der Waals surface area contributed by atoms with Crippen molar-refractivity contribution in [2.45, 2.75) is 38.2 Å². The van der Waals surface area contributed by atoms with Crippen LogP contribution in [0.25, 0.3) is 0 Å². The van der Waals surface area contributed by atoms with Crippen molar-refractivity contribution in [3.8, 4) is 0 Å². The highest BCUT2D eigenvalue weighted by Crippen LogP contribution is 2.19. The molecular formula is C14H24N4O. The molecule has 1 N–H and O–H groups in total. The second-order valence-corrected chi connectivity index (χ2v) is 5.18. The molecule has 0 amide bonds. The van der Waals surface area contributed by atoms with Crippen LogP contribution in [-0.2, 0) is 4.74 Å². The first-order valence-electron chi connectivity index (χ1n) is 7.11. The van der Waals surface area contributed by atoms with Crippen molar-refractivity contribution in [3.05, 3.63) is 12.4 Å². The van der Waals surface area contributed by atoms with Gasteiger partial charge < -0.3 is 15.0 Å². The zero-order valence-electron chi connectivity index (χ0n) is 11.9. The Morgan fingerprint density at radius 1 is 1.32 bits per heavy atom. The average molecular weight is 264 g/mol. The Morgan fingerprint density at radius 3 is 2.89 bits per heavy atom. The highest BCUT2D eigenvalue weighted by molar-refractivity contribution is 5.59. The van der Waals surface area contributed by atoms with Gasteiger partial charge in [0.25, 0.3) is 0 Å². The van der Waals surface area contributed by atoms with E-state index in [1.165, 1.54) is 19.3 Å². The smallest absolute Gasteiger partial charge is 0.171 e. The summed E-state index contributed by atoms with van der Waals surface area (Å²) in [7, 11) is 3.95. The Kier molecular flexibility index (Phi) is 5.39. The van der Waals surface area contributed by atoms with E-state index in [1.807, 2.05) is 19.0 Å². The summed E-state index contributed by atoms with van der Waals surface area (Å²) in [4.78, 5) is 10.6. The number of aromatic nitrogens is 2. The lowest BCUT2D eigenvalue weighted by molar-refractivity contribution is 0.0107. The molecule has 5 nitrogen and oxygen atoms in total. The van der Waals surface area contributed by atoms with E-state index in [0.717, 1.165) is 37.6 Å². The molecule has 0 aromatic carbocycles. The van der Waals surface area contributed by atoms with Crippen molar-refractivity contribution in [2.24, 2.45) is 0 Å². The van der Waals surface area contributed by atoms with Crippen LogP contribution in [0.15, 0.2) is 12.4 Å². The minimum absolute atomic E-state index is 0.464. The van der Waals surface area contributed by atoms with Crippen LogP contribution in [0, 0.1) is 0 Å². The maximum atomic E-state index is 5.73. The van der Waals surface area contributed by atoms with Gasteiger partial charge in [-0.25, -0.2) is 9.97 Å². The lowest BCUT2D eigenvalue weighted by atomic mass is 10.0. The van der Waals surface area contributed by atoms with E-state index in [1.54, 1.807) is 12.4 Å². The topological polar surface area (TPSA) is 50.3 Å². The molecule has 106 valence electrons. The van der Waals surface area contributed by atoms with Crippen LogP contribution in [-0.4, -0.2) is 43.3 Å². The number of ether oxygens (including phenoxy) is 1. The molecule has 0 bridgehead atoms. The maximum Gasteiger partial charge on any atom is 0.171 e. The fourth-order valence-corrected chi connectivity index (χ4v) is 2.35. The number of nitrogens with zero attached hydrogens (tertiary/aromatic N) is 3. The van der Waals surface area contributed by atoms with Gasteiger partial charge in [-0.15, -0.1) is 0 Å². The quantitative estimate of drug-likeness (QED) is 0.799. The summed E-state index contributed by atoms with van der Waals surface area (Å²) in [5.41, 5.74) is 0. The number of anilines is 2. The summed E-state index contributed by atoms with van der Waals surface area (Å²) in [6.07, 6.45) is 9.89. The van der Waals surface area contributed by atoms with E-state index in [4.69, 9.17) is 4.74 Å². The normalized spacial score (nSPS) is 19.2. The van der Waals surface area contributed by atoms with Gasteiger partial charge in [-0.2, -0.15) is 0 Å². The highest BCUT2D eigenvalue weighted by atomic mass is 16.5. The largest absolute Gasteiger partial charge is 0.378 e. The Hall–Kier alpha value is -1.36. The van der Waals surface area contributed by atoms with Gasteiger partial charge in [-0.05, 0) is 32.1 Å². The van der Waals surface area contributed by atoms with Gasteiger partial charge in [0, 0.05) is 39.6 Å². The first-order chi connectivity index (χ1) is 9.27. The van der Waals surface area contributed by atoms with Crippen LogP contribution in [0.5, 0.6) is 0 Å². The Balaban J connectivity index is 1.73. The molecule has 2 rings (SSSR count). The fourth-order valence-electron chi connectivity index (χ4n) is 2.35. The molecule has 1 aliphatic heterocycles. The minimum atomic E-state index is 0.464. The standard InChI is InChI=1S/C14H24N4O/c1-18(2)14-13(16-9-10-17-14)15-8-5-7-12-6-3-4-11-19-12/h9-10,12H,3-8,11H2,1-2H3,(H,15,16). The molecule has 1 atom stereocenters. The van der Waals surface area contributed by atoms with E-state index in [-0.39, 0.29) is 0 Å². The Morgan fingerprint density at radius 2 is 2.16 bits per heavy atom. The number of hydrogen-bond acceptors (Lipinski definition) is 5. The molecule has 1 aliphatic rings. The molecule has 1 saturated heterocycles. The van der Waals surface area contributed by atoms with E-state index < -0.39 is 0 Å². The highest BCUT2D eigenvalue weighted by Gasteiger charge is 2.13. The number of rotatable bonds is 6. The molecule has 2 heterocycles. The van der Waals surface area contributed by atoms with Crippen molar-refractivity contribution in [2.75, 3.05) is 37.5 Å². The average Bonchev–Trinajstić information content (AvgIpc) is 2.45. The summed E-state index contributed by atoms with van der Waals surface area (Å²) in [6.45, 7) is 1.85. The molecule has 0 spiro atoms. The SMILES string of the molecule is CN(C)c1nccnc1NCCCC1CCCCO1. The lowest BCUT2D eigenvalue weighted by Gasteiger charge is -2.22. The van der Waals surface area contributed by atoms with Crippen LogP contribution in [0.4, 0.5) is 11.6 Å². The van der Waals surface area contributed by atoms with Gasteiger partial charge in [-0.3, -0.25) is 0 Å². The zero-order chi connectivity index (χ0) is 13.5. The predicted molar refractivity (Wildman–Crippen MR) is 77.7 cm³/mol. The van der Waals surface area contributed by atoms with Gasteiger partial charge in [-0.1, -0.05) is 0 Å². The van der Waals surface area contributed by atoms with Crippen molar-refractivity contribution >= 4 is 11.6 Å². The van der Waals surface area contributed by atoms with Crippen LogP contribution >= 0.6 is 0 Å². The van der Waals surface area contributed by atoms with E-state index >= 15 is 0 Å². The van der Waals surface area contributed by atoms with Crippen molar-refractivity contribution in [1.82, 2.24) is 9.97 Å². The summed E-state index contributed by atoms with van der Waals surface area (Å²) in [5, 5.41) is 3.36. The molecule has 1 unspecified atom stereocenters. The molecule has 1 fully saturated rings. The van der Waals surface area contributed by atoms with Gasteiger partial charge >= 0.3 is 0 Å². The second-order valence-electron chi connectivity index (χ2n) is 5.18.